The molecule has 4 N–H and O–H groups in total. The van der Waals surface area contributed by atoms with Crippen molar-refractivity contribution in [2.75, 3.05) is 31.0 Å². The number of Topliss-reactive ketones (excluding diaryl/α,β-unsaturated/α-hetero) is 1. The molecule has 0 bridgehead atoms. The van der Waals surface area contributed by atoms with Gasteiger partial charge in [-0.3, -0.25) is 14.2 Å². The van der Waals surface area contributed by atoms with Gasteiger partial charge < -0.3 is 35.1 Å². The van der Waals surface area contributed by atoms with Crippen molar-refractivity contribution in [3.8, 4) is 23.3 Å². The Hall–Kier alpha value is -5.16. The third-order valence-electron chi connectivity index (χ3n) is 9.06. The van der Waals surface area contributed by atoms with Gasteiger partial charge in [0.2, 0.25) is 11.8 Å². The smallest absolute Gasteiger partial charge is 0.338 e. The van der Waals surface area contributed by atoms with E-state index in [1.165, 1.54) is 82.4 Å². The number of hydrogen-bond acceptors (Lipinski definition) is 9. The average molecular weight is 762 g/mol. The summed E-state index contributed by atoms with van der Waals surface area (Å²) in [6.45, 7) is 4.29. The Morgan fingerprint density at radius 1 is 0.796 bits per heavy atom. The third-order valence-corrected chi connectivity index (χ3v) is 9.39. The first-order valence-corrected chi connectivity index (χ1v) is 19.1. The zero-order chi connectivity index (χ0) is 38.9. The van der Waals surface area contributed by atoms with Crippen LogP contribution in [0.2, 0.25) is 5.02 Å². The second kappa shape index (κ2) is 21.5. The van der Waals surface area contributed by atoms with Gasteiger partial charge >= 0.3 is 5.97 Å². The molecular weight excluding hydrogens is 710 g/mol. The number of nitrogens with zero attached hydrogens (tertiary/aromatic N) is 1. The lowest BCUT2D eigenvalue weighted by molar-refractivity contribution is -0.118. The number of hydrogen-bond donors (Lipinski definition) is 4. The van der Waals surface area contributed by atoms with Gasteiger partial charge in [-0.2, -0.15) is 0 Å². The number of benzene rings is 3. The standard InChI is InChI=1S/C42H52ClN3O8/c1-4-6-7-8-9-10-11-12-13-17-26-54-42(51)30-22-25-34(43)35(27-30)45-39(48)36(37(47)29-20-23-32(52-3)24-21-29)46-40(49)33(38(41(46)50)53-5-2)28-44-31-18-15-14-16-19-31/h14-16,18-25,27,36,44,49-50H,4-13,17,26,28H2,1-3H3,(H,45,48). The highest BCUT2D eigenvalue weighted by atomic mass is 35.5. The van der Waals surface area contributed by atoms with E-state index >= 15 is 0 Å². The first-order chi connectivity index (χ1) is 26.2. The van der Waals surface area contributed by atoms with Gasteiger partial charge in [0.25, 0.3) is 5.91 Å². The van der Waals surface area contributed by atoms with Crippen LogP contribution >= 0.6 is 11.6 Å². The molecule has 11 nitrogen and oxygen atoms in total. The quantitative estimate of drug-likeness (QED) is 0.0251. The van der Waals surface area contributed by atoms with Crippen molar-refractivity contribution in [1.82, 2.24) is 4.57 Å². The molecule has 4 aromatic rings. The van der Waals surface area contributed by atoms with Gasteiger partial charge in [-0.15, -0.1) is 0 Å². The predicted octanol–water partition coefficient (Wildman–Crippen LogP) is 9.71. The Morgan fingerprint density at radius 2 is 1.43 bits per heavy atom. The summed E-state index contributed by atoms with van der Waals surface area (Å²) < 4.78 is 17.3. The largest absolute Gasteiger partial charge is 0.497 e. The summed E-state index contributed by atoms with van der Waals surface area (Å²) in [6, 6.07) is 17.7. The third kappa shape index (κ3) is 11.4. The highest BCUT2D eigenvalue weighted by molar-refractivity contribution is 6.34. The molecule has 0 aliphatic rings. The van der Waals surface area contributed by atoms with Crippen molar-refractivity contribution < 1.29 is 38.8 Å². The number of ketones is 1. The van der Waals surface area contributed by atoms with E-state index in [-0.39, 0.29) is 52.9 Å². The molecule has 0 aliphatic heterocycles. The minimum Gasteiger partial charge on any atom is -0.497 e. The Morgan fingerprint density at radius 3 is 2.06 bits per heavy atom. The molecule has 1 amide bonds. The number of nitrogens with one attached hydrogen (secondary N) is 2. The second-order valence-corrected chi connectivity index (χ2v) is 13.4. The first-order valence-electron chi connectivity index (χ1n) is 18.7. The second-order valence-electron chi connectivity index (χ2n) is 13.0. The van der Waals surface area contributed by atoms with E-state index in [0.29, 0.717) is 5.75 Å². The van der Waals surface area contributed by atoms with Crippen LogP contribution in [0.4, 0.5) is 11.4 Å². The number of para-hydroxylation sites is 1. The Balaban J connectivity index is 1.53. The number of anilines is 2. The Kier molecular flexibility index (Phi) is 16.6. The van der Waals surface area contributed by atoms with Crippen LogP contribution in [0.1, 0.15) is 110 Å². The lowest BCUT2D eigenvalue weighted by atomic mass is 10.0. The van der Waals surface area contributed by atoms with Crippen molar-refractivity contribution >= 4 is 40.6 Å². The molecule has 0 aliphatic carbocycles. The maximum atomic E-state index is 14.2. The van der Waals surface area contributed by atoms with Gasteiger partial charge in [-0.25, -0.2) is 4.79 Å². The Labute approximate surface area is 322 Å². The van der Waals surface area contributed by atoms with Crippen LogP contribution in [0.3, 0.4) is 0 Å². The summed E-state index contributed by atoms with van der Waals surface area (Å²) in [4.78, 5) is 41.4. The van der Waals surface area contributed by atoms with Gasteiger partial charge in [0.05, 0.1) is 42.2 Å². The average Bonchev–Trinajstić information content (AvgIpc) is 3.41. The topological polar surface area (TPSA) is 148 Å². The number of halogens is 1. The van der Waals surface area contributed by atoms with E-state index in [1.54, 1.807) is 19.1 Å². The number of aromatic hydroxyl groups is 2. The molecular formula is C42H52ClN3O8. The number of rotatable bonds is 23. The summed E-state index contributed by atoms with van der Waals surface area (Å²) in [5, 5.41) is 28.9. The van der Waals surface area contributed by atoms with E-state index in [1.807, 2.05) is 30.3 Å². The van der Waals surface area contributed by atoms with Crippen LogP contribution in [0, 0.1) is 0 Å². The van der Waals surface area contributed by atoms with Crippen molar-refractivity contribution in [3.05, 3.63) is 94.5 Å². The lowest BCUT2D eigenvalue weighted by Crippen LogP contribution is -2.32. The van der Waals surface area contributed by atoms with E-state index in [2.05, 4.69) is 17.6 Å². The predicted molar refractivity (Wildman–Crippen MR) is 211 cm³/mol. The van der Waals surface area contributed by atoms with Gasteiger partial charge in [-0.1, -0.05) is 94.5 Å². The van der Waals surface area contributed by atoms with Crippen LogP contribution in [0.15, 0.2) is 72.8 Å². The molecule has 0 fully saturated rings. The lowest BCUT2D eigenvalue weighted by Gasteiger charge is -2.20. The number of amides is 1. The fourth-order valence-electron chi connectivity index (χ4n) is 6.09. The summed E-state index contributed by atoms with van der Waals surface area (Å²) in [5.74, 6) is -3.08. The van der Waals surface area contributed by atoms with E-state index in [9.17, 15) is 24.6 Å². The molecule has 0 saturated heterocycles. The molecule has 54 heavy (non-hydrogen) atoms. The molecule has 12 heteroatoms. The van der Waals surface area contributed by atoms with Gasteiger partial charge in [0.1, 0.15) is 5.75 Å². The highest BCUT2D eigenvalue weighted by Gasteiger charge is 2.37. The van der Waals surface area contributed by atoms with Gasteiger partial charge in [0, 0.05) is 17.8 Å². The summed E-state index contributed by atoms with van der Waals surface area (Å²) in [6.07, 6.45) is 11.6. The first kappa shape index (κ1) is 41.6. The number of methoxy groups -OCH3 is 1. The van der Waals surface area contributed by atoms with Crippen molar-refractivity contribution in [1.29, 1.82) is 0 Å². The molecule has 290 valence electrons. The molecule has 4 rings (SSSR count). The molecule has 1 unspecified atom stereocenters. The van der Waals surface area contributed by atoms with Crippen molar-refractivity contribution in [2.45, 2.75) is 90.6 Å². The molecule has 0 saturated carbocycles. The number of esters is 1. The minimum atomic E-state index is -1.84. The van der Waals surface area contributed by atoms with Crippen molar-refractivity contribution in [3.63, 3.8) is 0 Å². The van der Waals surface area contributed by atoms with E-state index in [4.69, 9.17) is 25.8 Å². The molecule has 1 aromatic heterocycles. The zero-order valence-electron chi connectivity index (χ0n) is 31.4. The monoisotopic (exact) mass is 761 g/mol. The van der Waals surface area contributed by atoms with Gasteiger partial charge in [-0.05, 0) is 67.9 Å². The molecule has 1 atom stereocenters. The van der Waals surface area contributed by atoms with E-state index < -0.39 is 35.5 Å². The number of carbonyl (C=O) groups is 3. The maximum Gasteiger partial charge on any atom is 0.338 e. The van der Waals surface area contributed by atoms with Crippen molar-refractivity contribution in [2.24, 2.45) is 0 Å². The number of carbonyl (C=O) groups excluding carboxylic acids is 3. The number of aromatic nitrogens is 1. The highest BCUT2D eigenvalue weighted by Crippen LogP contribution is 2.44. The summed E-state index contributed by atoms with van der Waals surface area (Å²) in [7, 11) is 1.48. The Bertz CT molecular complexity index is 1810. The van der Waals surface area contributed by atoms with Crippen LogP contribution in [0.5, 0.6) is 23.3 Å². The number of ether oxygens (including phenoxy) is 3. The summed E-state index contributed by atoms with van der Waals surface area (Å²) >= 11 is 6.48. The fourth-order valence-corrected chi connectivity index (χ4v) is 6.26. The van der Waals surface area contributed by atoms with Crippen LogP contribution < -0.4 is 20.1 Å². The van der Waals surface area contributed by atoms with Gasteiger partial charge in [0.15, 0.2) is 17.6 Å². The molecule has 0 spiro atoms. The van der Waals surface area contributed by atoms with Crippen LogP contribution in [-0.4, -0.2) is 52.8 Å². The normalized spacial score (nSPS) is 11.5. The zero-order valence-corrected chi connectivity index (χ0v) is 32.1. The number of unbranched alkanes of at least 4 members (excludes halogenated alkanes) is 9. The fraction of sp³-hybridized carbons (Fsp3) is 0.405. The molecule has 0 radical (unpaired) electrons. The SMILES string of the molecule is CCCCCCCCCCCCOC(=O)c1ccc(Cl)c(NC(=O)C(C(=O)c2ccc(OC)cc2)n2c(O)c(CNc3ccccc3)c(OCC)c2O)c1. The summed E-state index contributed by atoms with van der Waals surface area (Å²) in [5.41, 5.74) is 1.14. The minimum absolute atomic E-state index is 0.00802. The van der Waals surface area contributed by atoms with E-state index in [0.717, 1.165) is 29.5 Å². The van der Waals surface area contributed by atoms with Crippen LogP contribution in [0.25, 0.3) is 0 Å². The molecule has 3 aromatic carbocycles. The van der Waals surface area contributed by atoms with Crippen LogP contribution in [-0.2, 0) is 16.1 Å². The molecule has 1 heterocycles. The maximum absolute atomic E-state index is 14.2.